The standard InChI is InChI=1S/C6H8N6/c1-7-3-4(8-1)12-6-5(11-3)9-2-10-6/h1,5,9,11H,2H2,(H,7,8)(H,10,12). The Morgan fingerprint density at radius 2 is 2.50 bits per heavy atom. The highest BCUT2D eigenvalue weighted by Gasteiger charge is 2.27. The van der Waals surface area contributed by atoms with Crippen LogP contribution in [0.4, 0.5) is 11.6 Å². The molecule has 0 fully saturated rings. The van der Waals surface area contributed by atoms with Crippen molar-refractivity contribution >= 4 is 17.5 Å². The van der Waals surface area contributed by atoms with Gasteiger partial charge in [0.15, 0.2) is 11.6 Å². The van der Waals surface area contributed by atoms with Gasteiger partial charge in [0.1, 0.15) is 12.0 Å². The molecule has 0 saturated carbocycles. The molecular formula is C6H8N6. The van der Waals surface area contributed by atoms with Crippen LogP contribution >= 0.6 is 0 Å². The number of hydrogen-bond acceptors (Lipinski definition) is 5. The molecule has 0 spiro atoms. The third kappa shape index (κ3) is 0.668. The van der Waals surface area contributed by atoms with Crippen molar-refractivity contribution < 1.29 is 0 Å². The highest BCUT2D eigenvalue weighted by atomic mass is 15.3. The second-order valence-corrected chi connectivity index (χ2v) is 2.73. The van der Waals surface area contributed by atoms with Crippen LogP contribution in [0.15, 0.2) is 11.3 Å². The molecule has 4 N–H and O–H groups in total. The number of nitrogens with one attached hydrogen (secondary N) is 4. The summed E-state index contributed by atoms with van der Waals surface area (Å²) in [6, 6.07) is 0. The average molecular weight is 164 g/mol. The first-order valence-electron chi connectivity index (χ1n) is 3.78. The van der Waals surface area contributed by atoms with Crippen molar-refractivity contribution in [2.24, 2.45) is 4.99 Å². The van der Waals surface area contributed by atoms with E-state index in [0.29, 0.717) is 6.67 Å². The lowest BCUT2D eigenvalue weighted by molar-refractivity contribution is 0.731. The molecule has 0 aliphatic carbocycles. The summed E-state index contributed by atoms with van der Waals surface area (Å²) in [4.78, 5) is 11.3. The van der Waals surface area contributed by atoms with E-state index < -0.39 is 0 Å². The van der Waals surface area contributed by atoms with Gasteiger partial charge in [-0.25, -0.2) is 4.98 Å². The maximum Gasteiger partial charge on any atom is 0.170 e. The molecular weight excluding hydrogens is 156 g/mol. The Kier molecular flexibility index (Phi) is 0.991. The van der Waals surface area contributed by atoms with Crippen molar-refractivity contribution in [1.82, 2.24) is 15.3 Å². The van der Waals surface area contributed by atoms with Gasteiger partial charge in [0, 0.05) is 0 Å². The lowest BCUT2D eigenvalue weighted by atomic mass is 10.3. The fourth-order valence-electron chi connectivity index (χ4n) is 1.40. The maximum atomic E-state index is 4.22. The minimum Gasteiger partial charge on any atom is -0.345 e. The van der Waals surface area contributed by atoms with Crippen LogP contribution in [0.2, 0.25) is 0 Å². The first kappa shape index (κ1) is 6.01. The maximum absolute atomic E-state index is 4.22. The monoisotopic (exact) mass is 164 g/mol. The van der Waals surface area contributed by atoms with Crippen LogP contribution in [0.1, 0.15) is 0 Å². The van der Waals surface area contributed by atoms with Gasteiger partial charge in [-0.3, -0.25) is 10.3 Å². The van der Waals surface area contributed by atoms with Crippen LogP contribution in [0.3, 0.4) is 0 Å². The van der Waals surface area contributed by atoms with Crippen LogP contribution in [-0.2, 0) is 0 Å². The molecule has 2 aliphatic heterocycles. The molecule has 1 unspecified atom stereocenters. The lowest BCUT2D eigenvalue weighted by Gasteiger charge is -2.21. The predicted octanol–water partition coefficient (Wildman–Crippen LogP) is -0.468. The topological polar surface area (TPSA) is 77.1 Å². The summed E-state index contributed by atoms with van der Waals surface area (Å²) in [5, 5.41) is 9.50. The third-order valence-corrected chi connectivity index (χ3v) is 1.99. The summed E-state index contributed by atoms with van der Waals surface area (Å²) >= 11 is 0. The summed E-state index contributed by atoms with van der Waals surface area (Å²) < 4.78 is 0. The number of amidine groups is 1. The quantitative estimate of drug-likeness (QED) is 0.418. The summed E-state index contributed by atoms with van der Waals surface area (Å²) in [7, 11) is 0. The number of nitrogens with zero attached hydrogens (tertiary/aromatic N) is 2. The molecule has 3 rings (SSSR count). The summed E-state index contributed by atoms with van der Waals surface area (Å²) in [6.45, 7) is 0.657. The normalized spacial score (nSPS) is 25.0. The van der Waals surface area contributed by atoms with Gasteiger partial charge in [0.25, 0.3) is 0 Å². The SMILES string of the molecule is c1nc2c([nH]1)NC1=NCNC1N2. The van der Waals surface area contributed by atoms with Gasteiger partial charge in [0.2, 0.25) is 0 Å². The highest BCUT2D eigenvalue weighted by Crippen LogP contribution is 2.22. The number of aromatic nitrogens is 2. The van der Waals surface area contributed by atoms with Crippen LogP contribution < -0.4 is 16.0 Å². The van der Waals surface area contributed by atoms with Crippen molar-refractivity contribution in [3.63, 3.8) is 0 Å². The molecule has 1 aromatic heterocycles. The molecule has 1 atom stereocenters. The van der Waals surface area contributed by atoms with E-state index in [4.69, 9.17) is 0 Å². The number of aliphatic imine (C=N–C) groups is 1. The Morgan fingerprint density at radius 3 is 3.50 bits per heavy atom. The van der Waals surface area contributed by atoms with Crippen molar-refractivity contribution in [2.45, 2.75) is 6.17 Å². The average Bonchev–Trinajstić information content (AvgIpc) is 2.64. The molecule has 12 heavy (non-hydrogen) atoms. The van der Waals surface area contributed by atoms with E-state index in [-0.39, 0.29) is 6.17 Å². The van der Waals surface area contributed by atoms with E-state index in [0.717, 1.165) is 17.5 Å². The van der Waals surface area contributed by atoms with Gasteiger partial charge < -0.3 is 15.6 Å². The number of aromatic amines is 1. The number of imidazole rings is 1. The minimum atomic E-state index is 0.0980. The molecule has 0 bridgehead atoms. The fraction of sp³-hybridized carbons (Fsp3) is 0.333. The summed E-state index contributed by atoms with van der Waals surface area (Å²) in [5.74, 6) is 2.65. The number of hydrogen-bond donors (Lipinski definition) is 4. The number of fused-ring (bicyclic) bond motifs is 2. The second-order valence-electron chi connectivity index (χ2n) is 2.73. The molecule has 1 aromatic rings. The number of anilines is 2. The van der Waals surface area contributed by atoms with Gasteiger partial charge in [-0.1, -0.05) is 0 Å². The zero-order chi connectivity index (χ0) is 7.97. The van der Waals surface area contributed by atoms with Gasteiger partial charge >= 0.3 is 0 Å². The molecule has 2 aliphatic rings. The van der Waals surface area contributed by atoms with E-state index in [9.17, 15) is 0 Å². The molecule has 0 amide bonds. The van der Waals surface area contributed by atoms with E-state index in [1.54, 1.807) is 6.33 Å². The molecule has 6 nitrogen and oxygen atoms in total. The van der Waals surface area contributed by atoms with E-state index in [1.807, 2.05) is 0 Å². The van der Waals surface area contributed by atoms with Crippen molar-refractivity contribution in [3.05, 3.63) is 6.33 Å². The second kappa shape index (κ2) is 1.98. The van der Waals surface area contributed by atoms with Gasteiger partial charge in [-0.15, -0.1) is 0 Å². The number of H-pyrrole nitrogens is 1. The zero-order valence-electron chi connectivity index (χ0n) is 6.26. The largest absolute Gasteiger partial charge is 0.345 e. The van der Waals surface area contributed by atoms with Gasteiger partial charge in [-0.05, 0) is 0 Å². The van der Waals surface area contributed by atoms with Gasteiger partial charge in [-0.2, -0.15) is 0 Å². The molecule has 6 heteroatoms. The lowest BCUT2D eigenvalue weighted by Crippen LogP contribution is -2.44. The molecule has 62 valence electrons. The Bertz CT molecular complexity index is 340. The Balaban J connectivity index is 2.04. The van der Waals surface area contributed by atoms with Gasteiger partial charge in [0.05, 0.1) is 13.0 Å². The molecule has 0 aromatic carbocycles. The fourth-order valence-corrected chi connectivity index (χ4v) is 1.40. The first-order chi connectivity index (χ1) is 5.93. The predicted molar refractivity (Wildman–Crippen MR) is 45.1 cm³/mol. The summed E-state index contributed by atoms with van der Waals surface area (Å²) in [5.41, 5.74) is 0. The van der Waals surface area contributed by atoms with Crippen molar-refractivity contribution in [1.29, 1.82) is 0 Å². The van der Waals surface area contributed by atoms with Crippen molar-refractivity contribution in [3.8, 4) is 0 Å². The van der Waals surface area contributed by atoms with E-state index in [1.165, 1.54) is 0 Å². The minimum absolute atomic E-state index is 0.0980. The molecule has 3 heterocycles. The Labute approximate surface area is 68.5 Å². The van der Waals surface area contributed by atoms with Crippen LogP contribution in [0, 0.1) is 0 Å². The van der Waals surface area contributed by atoms with E-state index in [2.05, 4.69) is 30.9 Å². The Morgan fingerprint density at radius 1 is 1.50 bits per heavy atom. The highest BCUT2D eigenvalue weighted by molar-refractivity contribution is 6.05. The zero-order valence-corrected chi connectivity index (χ0v) is 6.26. The van der Waals surface area contributed by atoms with Crippen LogP contribution in [0.5, 0.6) is 0 Å². The molecule has 0 radical (unpaired) electrons. The van der Waals surface area contributed by atoms with Crippen molar-refractivity contribution in [2.75, 3.05) is 17.3 Å². The summed E-state index contributed by atoms with van der Waals surface area (Å²) in [6.07, 6.45) is 1.74. The molecule has 0 saturated heterocycles. The van der Waals surface area contributed by atoms with Crippen LogP contribution in [-0.4, -0.2) is 28.6 Å². The third-order valence-electron chi connectivity index (χ3n) is 1.99. The number of rotatable bonds is 0. The smallest absolute Gasteiger partial charge is 0.170 e. The Hall–Kier alpha value is -1.56. The first-order valence-corrected chi connectivity index (χ1v) is 3.78. The van der Waals surface area contributed by atoms with Crippen LogP contribution in [0.25, 0.3) is 0 Å². The van der Waals surface area contributed by atoms with E-state index >= 15 is 0 Å².